The van der Waals surface area contributed by atoms with Crippen molar-refractivity contribution in [2.24, 2.45) is 0 Å². The number of hydrogen-bond acceptors (Lipinski definition) is 4. The van der Waals surface area contributed by atoms with Crippen molar-refractivity contribution in [3.8, 4) is 5.69 Å². The molecule has 5 rings (SSSR count). The topological polar surface area (TPSA) is 84.6 Å². The summed E-state index contributed by atoms with van der Waals surface area (Å²) in [6, 6.07) is 16.6. The second kappa shape index (κ2) is 8.46. The highest BCUT2D eigenvalue weighted by Gasteiger charge is 2.36. The van der Waals surface area contributed by atoms with Crippen LogP contribution in [-0.4, -0.2) is 27.3 Å². The minimum Gasteiger partial charge on any atom is -0.467 e. The number of nitrogens with one attached hydrogen (secondary N) is 1. The van der Waals surface area contributed by atoms with E-state index in [-0.39, 0.29) is 12.1 Å². The number of hydrogen-bond donors (Lipinski definition) is 1. The molecule has 0 saturated carbocycles. The fourth-order valence-electron chi connectivity index (χ4n) is 4.30. The Balaban J connectivity index is 1.57. The maximum Gasteiger partial charge on any atom is 0.331 e. The molecule has 2 aromatic carbocycles. The number of aromatic nitrogens is 1. The van der Waals surface area contributed by atoms with Crippen molar-refractivity contribution >= 4 is 50.6 Å². The van der Waals surface area contributed by atoms with E-state index in [0.717, 1.165) is 42.8 Å². The largest absolute Gasteiger partial charge is 0.467 e. The number of furan rings is 1. The Morgan fingerprint density at radius 1 is 1.00 bits per heavy atom. The van der Waals surface area contributed by atoms with E-state index in [2.05, 4.69) is 37.9 Å². The van der Waals surface area contributed by atoms with Gasteiger partial charge in [0.05, 0.1) is 18.5 Å². The number of fused-ring (bicyclic) bond motifs is 1. The van der Waals surface area contributed by atoms with Crippen LogP contribution in [0.5, 0.6) is 0 Å². The molecule has 1 fully saturated rings. The first-order valence-corrected chi connectivity index (χ1v) is 11.4. The summed E-state index contributed by atoms with van der Waals surface area (Å²) in [5.74, 6) is -0.939. The van der Waals surface area contributed by atoms with Crippen LogP contribution in [-0.2, 0) is 16.1 Å². The van der Waals surface area contributed by atoms with Crippen LogP contribution in [0, 0.1) is 13.8 Å². The lowest BCUT2D eigenvalue weighted by Crippen LogP contribution is -2.53. The number of barbiturate groups is 1. The first kappa shape index (κ1) is 21.9. The number of imide groups is 2. The minimum absolute atomic E-state index is 0.0633. The Labute approximate surface area is 203 Å². The predicted octanol–water partition coefficient (Wildman–Crippen LogP) is 5.26. The van der Waals surface area contributed by atoms with Crippen molar-refractivity contribution in [2.45, 2.75) is 20.4 Å². The number of aryl methyl sites for hydroxylation is 1. The van der Waals surface area contributed by atoms with Crippen LogP contribution in [0.4, 0.5) is 4.79 Å². The zero-order valence-corrected chi connectivity index (χ0v) is 20.0. The van der Waals surface area contributed by atoms with E-state index < -0.39 is 17.8 Å². The molecule has 1 aliphatic rings. The molecule has 0 aliphatic carbocycles. The van der Waals surface area contributed by atoms with Crippen molar-refractivity contribution < 1.29 is 18.8 Å². The van der Waals surface area contributed by atoms with Gasteiger partial charge in [0.15, 0.2) is 0 Å². The molecule has 2 aromatic heterocycles. The van der Waals surface area contributed by atoms with Gasteiger partial charge in [0.1, 0.15) is 11.3 Å². The maximum absolute atomic E-state index is 13.1. The zero-order valence-electron chi connectivity index (χ0n) is 18.5. The van der Waals surface area contributed by atoms with E-state index in [9.17, 15) is 14.4 Å². The second-order valence-electron chi connectivity index (χ2n) is 8.06. The van der Waals surface area contributed by atoms with Gasteiger partial charge < -0.3 is 8.98 Å². The van der Waals surface area contributed by atoms with E-state index in [1.807, 2.05) is 44.2 Å². The molecule has 0 unspecified atom stereocenters. The van der Waals surface area contributed by atoms with Crippen LogP contribution in [0.15, 0.2) is 75.3 Å². The molecular weight excluding hydrogens is 498 g/mol. The molecule has 4 amide bonds. The Morgan fingerprint density at radius 2 is 1.76 bits per heavy atom. The minimum atomic E-state index is -0.768. The Morgan fingerprint density at radius 3 is 2.50 bits per heavy atom. The highest BCUT2D eigenvalue weighted by molar-refractivity contribution is 9.10. The van der Waals surface area contributed by atoms with Crippen molar-refractivity contribution in [3.63, 3.8) is 0 Å². The fourth-order valence-corrected chi connectivity index (χ4v) is 4.78. The molecule has 1 N–H and O–H groups in total. The monoisotopic (exact) mass is 517 g/mol. The van der Waals surface area contributed by atoms with Crippen molar-refractivity contribution in [1.29, 1.82) is 0 Å². The Bertz CT molecular complexity index is 1500. The molecule has 0 bridgehead atoms. The molecule has 0 radical (unpaired) electrons. The third-order valence-corrected chi connectivity index (χ3v) is 6.63. The smallest absolute Gasteiger partial charge is 0.331 e. The Kier molecular flexibility index (Phi) is 5.45. The van der Waals surface area contributed by atoms with Crippen LogP contribution < -0.4 is 5.32 Å². The maximum atomic E-state index is 13.1. The van der Waals surface area contributed by atoms with Crippen molar-refractivity contribution in [2.75, 3.05) is 0 Å². The van der Waals surface area contributed by atoms with Crippen LogP contribution in [0.1, 0.15) is 22.7 Å². The summed E-state index contributed by atoms with van der Waals surface area (Å²) < 4.78 is 8.36. The molecule has 1 saturated heterocycles. The van der Waals surface area contributed by atoms with Gasteiger partial charge in [-0.15, -0.1) is 0 Å². The lowest BCUT2D eigenvalue weighted by Gasteiger charge is -2.25. The summed E-state index contributed by atoms with van der Waals surface area (Å²) in [6.07, 6.45) is 3.00. The molecule has 7 nitrogen and oxygen atoms in total. The van der Waals surface area contributed by atoms with E-state index in [1.54, 1.807) is 18.2 Å². The van der Waals surface area contributed by atoms with E-state index >= 15 is 0 Å². The molecule has 170 valence electrons. The van der Waals surface area contributed by atoms with Gasteiger partial charge in [0.2, 0.25) is 0 Å². The van der Waals surface area contributed by atoms with E-state index in [1.165, 1.54) is 6.26 Å². The zero-order chi connectivity index (χ0) is 24.0. The van der Waals surface area contributed by atoms with E-state index in [4.69, 9.17) is 4.42 Å². The molecule has 34 heavy (non-hydrogen) atoms. The summed E-state index contributed by atoms with van der Waals surface area (Å²) in [5.41, 5.74) is 3.42. The van der Waals surface area contributed by atoms with Gasteiger partial charge in [0.25, 0.3) is 11.8 Å². The predicted molar refractivity (Wildman–Crippen MR) is 131 cm³/mol. The number of halogens is 1. The van der Waals surface area contributed by atoms with Crippen molar-refractivity contribution in [3.05, 3.63) is 93.6 Å². The second-order valence-corrected chi connectivity index (χ2v) is 8.92. The summed E-state index contributed by atoms with van der Waals surface area (Å²) in [7, 11) is 0. The summed E-state index contributed by atoms with van der Waals surface area (Å²) in [6.45, 7) is 3.85. The Hall–Kier alpha value is -3.91. The van der Waals surface area contributed by atoms with E-state index in [0.29, 0.717) is 5.76 Å². The fraction of sp³-hybridized carbons (Fsp3) is 0.115. The van der Waals surface area contributed by atoms with Crippen molar-refractivity contribution in [1.82, 2.24) is 14.8 Å². The quantitative estimate of drug-likeness (QED) is 0.295. The number of carbonyl (C=O) groups excluding carboxylic acids is 3. The van der Waals surface area contributed by atoms with Gasteiger partial charge in [-0.1, -0.05) is 40.2 Å². The van der Waals surface area contributed by atoms with Gasteiger partial charge in [-0.3, -0.25) is 19.8 Å². The molecule has 0 atom stereocenters. The van der Waals surface area contributed by atoms with Crippen LogP contribution in [0.25, 0.3) is 22.5 Å². The van der Waals surface area contributed by atoms with Gasteiger partial charge >= 0.3 is 6.03 Å². The first-order chi connectivity index (χ1) is 16.3. The highest BCUT2D eigenvalue weighted by Crippen LogP contribution is 2.32. The average Bonchev–Trinajstić information content (AvgIpc) is 3.43. The normalized spacial score (nSPS) is 15.4. The lowest BCUT2D eigenvalue weighted by atomic mass is 10.1. The molecule has 8 heteroatoms. The first-order valence-electron chi connectivity index (χ1n) is 10.6. The third kappa shape index (κ3) is 3.66. The standard InChI is InChI=1S/C26H20BrN3O4/c1-15-12-17(16(2)30(15)23-10-9-22(27)19-7-3-4-8-20(19)23)13-21-24(31)28-26(33)29(25(21)32)14-18-6-5-11-34-18/h3-13H,14H2,1-2H3,(H,28,31,33)/b21-13+. The van der Waals surface area contributed by atoms with Gasteiger partial charge in [-0.25, -0.2) is 4.79 Å². The van der Waals surface area contributed by atoms with Gasteiger partial charge in [-0.05, 0) is 61.2 Å². The number of urea groups is 1. The lowest BCUT2D eigenvalue weighted by molar-refractivity contribution is -0.130. The summed E-state index contributed by atoms with van der Waals surface area (Å²) in [4.78, 5) is 38.9. The number of rotatable bonds is 4. The number of carbonyl (C=O) groups is 3. The SMILES string of the molecule is Cc1cc(/C=C2\C(=O)NC(=O)N(Cc3ccco3)C2=O)c(C)n1-c1ccc(Br)c2ccccc12. The average molecular weight is 518 g/mol. The number of nitrogens with zero attached hydrogens (tertiary/aromatic N) is 2. The van der Waals surface area contributed by atoms with Crippen LogP contribution >= 0.6 is 15.9 Å². The molecule has 0 spiro atoms. The molecule has 1 aliphatic heterocycles. The molecule has 3 heterocycles. The molecular formula is C26H20BrN3O4. The third-order valence-electron chi connectivity index (χ3n) is 5.94. The summed E-state index contributed by atoms with van der Waals surface area (Å²) in [5, 5.41) is 4.40. The highest BCUT2D eigenvalue weighted by atomic mass is 79.9. The summed E-state index contributed by atoms with van der Waals surface area (Å²) >= 11 is 3.62. The van der Waals surface area contributed by atoms with Gasteiger partial charge in [0, 0.05) is 21.2 Å². The number of amides is 4. The van der Waals surface area contributed by atoms with Crippen LogP contribution in [0.2, 0.25) is 0 Å². The van der Waals surface area contributed by atoms with Crippen LogP contribution in [0.3, 0.4) is 0 Å². The van der Waals surface area contributed by atoms with Gasteiger partial charge in [-0.2, -0.15) is 0 Å². The number of benzene rings is 2. The molecule has 4 aromatic rings.